The number of hydrogen-bond donors (Lipinski definition) is 1. The van der Waals surface area contributed by atoms with Gasteiger partial charge in [-0.2, -0.15) is 0 Å². The molecule has 102 valence electrons. The van der Waals surface area contributed by atoms with Gasteiger partial charge in [0, 0.05) is 19.0 Å². The molecule has 3 nitrogen and oxygen atoms in total. The number of nitrogen functional groups attached to an aromatic ring is 1. The van der Waals surface area contributed by atoms with Crippen molar-refractivity contribution in [3.8, 4) is 11.3 Å². The van der Waals surface area contributed by atoms with Crippen molar-refractivity contribution in [2.24, 2.45) is 7.05 Å². The van der Waals surface area contributed by atoms with Crippen molar-refractivity contribution in [1.29, 1.82) is 0 Å². The van der Waals surface area contributed by atoms with Crippen LogP contribution in [0.2, 0.25) is 0 Å². The molecular formula is C16H23N3. The van der Waals surface area contributed by atoms with Crippen LogP contribution in [-0.2, 0) is 13.5 Å². The number of aromatic nitrogens is 2. The van der Waals surface area contributed by atoms with Crippen LogP contribution in [0.25, 0.3) is 11.3 Å². The van der Waals surface area contributed by atoms with Crippen LogP contribution in [0.1, 0.15) is 35.9 Å². The third-order valence-electron chi connectivity index (χ3n) is 3.80. The molecular weight excluding hydrogens is 234 g/mol. The minimum absolute atomic E-state index is 0.759. The zero-order valence-electron chi connectivity index (χ0n) is 12.5. The second-order valence-electron chi connectivity index (χ2n) is 5.32. The number of aryl methyl sites for hydroxylation is 4. The van der Waals surface area contributed by atoms with Gasteiger partial charge in [-0.3, -0.25) is 0 Å². The lowest BCUT2D eigenvalue weighted by Gasteiger charge is -2.08. The monoisotopic (exact) mass is 257 g/mol. The summed E-state index contributed by atoms with van der Waals surface area (Å²) in [5.74, 6) is 1.82. The lowest BCUT2D eigenvalue weighted by Crippen LogP contribution is -2.01. The maximum atomic E-state index is 6.22. The highest BCUT2D eigenvalue weighted by molar-refractivity contribution is 5.74. The van der Waals surface area contributed by atoms with E-state index in [-0.39, 0.29) is 0 Å². The standard InChI is InChI=1S/C16H23N3/c1-6-7-14-18-15(16(17)19(14)5)13-9-11(3)10(2)8-12(13)4/h8-9H,6-7,17H2,1-5H3. The molecule has 1 heterocycles. The van der Waals surface area contributed by atoms with Gasteiger partial charge in [0.1, 0.15) is 17.3 Å². The molecule has 0 atom stereocenters. The molecule has 2 N–H and O–H groups in total. The van der Waals surface area contributed by atoms with Crippen molar-refractivity contribution >= 4 is 5.82 Å². The van der Waals surface area contributed by atoms with E-state index in [0.717, 1.165) is 35.7 Å². The number of nitrogens with zero attached hydrogens (tertiary/aromatic N) is 2. The molecule has 1 aromatic carbocycles. The van der Waals surface area contributed by atoms with Gasteiger partial charge in [-0.15, -0.1) is 0 Å². The predicted octanol–water partition coefficient (Wildman–Crippen LogP) is 3.55. The van der Waals surface area contributed by atoms with Gasteiger partial charge < -0.3 is 10.3 Å². The molecule has 2 aromatic rings. The molecule has 0 saturated heterocycles. The minimum atomic E-state index is 0.759. The average Bonchev–Trinajstić information content (AvgIpc) is 2.63. The summed E-state index contributed by atoms with van der Waals surface area (Å²) in [6.45, 7) is 8.54. The van der Waals surface area contributed by atoms with Gasteiger partial charge in [0.2, 0.25) is 0 Å². The van der Waals surface area contributed by atoms with Crippen LogP contribution in [0.3, 0.4) is 0 Å². The van der Waals surface area contributed by atoms with Crippen LogP contribution in [-0.4, -0.2) is 9.55 Å². The Morgan fingerprint density at radius 2 is 1.74 bits per heavy atom. The van der Waals surface area contributed by atoms with Gasteiger partial charge in [0.05, 0.1) is 0 Å². The topological polar surface area (TPSA) is 43.8 Å². The Bertz CT molecular complexity index is 609. The van der Waals surface area contributed by atoms with Crippen molar-refractivity contribution in [2.45, 2.75) is 40.5 Å². The van der Waals surface area contributed by atoms with E-state index in [2.05, 4.69) is 39.8 Å². The summed E-state index contributed by atoms with van der Waals surface area (Å²) < 4.78 is 2.01. The second kappa shape index (κ2) is 5.08. The van der Waals surface area contributed by atoms with Crippen molar-refractivity contribution < 1.29 is 0 Å². The van der Waals surface area contributed by atoms with Crippen molar-refractivity contribution in [3.63, 3.8) is 0 Å². The fraction of sp³-hybridized carbons (Fsp3) is 0.438. The second-order valence-corrected chi connectivity index (χ2v) is 5.32. The normalized spacial score (nSPS) is 11.0. The summed E-state index contributed by atoms with van der Waals surface area (Å²) in [5, 5.41) is 0. The first-order valence-electron chi connectivity index (χ1n) is 6.85. The van der Waals surface area contributed by atoms with Crippen molar-refractivity contribution in [2.75, 3.05) is 5.73 Å². The van der Waals surface area contributed by atoms with Gasteiger partial charge in [0.25, 0.3) is 0 Å². The summed E-state index contributed by atoms with van der Waals surface area (Å²) in [6.07, 6.45) is 2.04. The quantitative estimate of drug-likeness (QED) is 0.914. The zero-order chi connectivity index (χ0) is 14.2. The van der Waals surface area contributed by atoms with Crippen molar-refractivity contribution in [3.05, 3.63) is 34.6 Å². The number of anilines is 1. The molecule has 2 rings (SSSR count). The molecule has 1 aromatic heterocycles. The van der Waals surface area contributed by atoms with Crippen LogP contribution in [0.4, 0.5) is 5.82 Å². The first-order valence-corrected chi connectivity index (χ1v) is 6.85. The van der Waals surface area contributed by atoms with Gasteiger partial charge in [-0.1, -0.05) is 13.0 Å². The van der Waals surface area contributed by atoms with Crippen LogP contribution in [0.5, 0.6) is 0 Å². The van der Waals surface area contributed by atoms with Gasteiger partial charge >= 0.3 is 0 Å². The Morgan fingerprint density at radius 1 is 1.11 bits per heavy atom. The fourth-order valence-electron chi connectivity index (χ4n) is 2.42. The summed E-state index contributed by atoms with van der Waals surface area (Å²) in [4.78, 5) is 4.74. The minimum Gasteiger partial charge on any atom is -0.383 e. The summed E-state index contributed by atoms with van der Waals surface area (Å²) >= 11 is 0. The van der Waals surface area contributed by atoms with E-state index in [9.17, 15) is 0 Å². The SMILES string of the molecule is CCCc1nc(-c2cc(C)c(C)cc2C)c(N)n1C. The highest BCUT2D eigenvalue weighted by Crippen LogP contribution is 2.30. The van der Waals surface area contributed by atoms with Gasteiger partial charge in [-0.05, 0) is 49.9 Å². The number of imidazole rings is 1. The maximum absolute atomic E-state index is 6.22. The maximum Gasteiger partial charge on any atom is 0.131 e. The molecule has 0 saturated carbocycles. The molecule has 0 aliphatic rings. The number of benzene rings is 1. The average molecular weight is 257 g/mol. The van der Waals surface area contributed by atoms with Crippen LogP contribution in [0.15, 0.2) is 12.1 Å². The van der Waals surface area contributed by atoms with Crippen LogP contribution < -0.4 is 5.73 Å². The molecule has 0 spiro atoms. The van der Waals surface area contributed by atoms with E-state index in [1.165, 1.54) is 16.7 Å². The molecule has 19 heavy (non-hydrogen) atoms. The number of rotatable bonds is 3. The first-order chi connectivity index (χ1) is 8.95. The summed E-state index contributed by atoms with van der Waals surface area (Å²) in [7, 11) is 1.99. The van der Waals surface area contributed by atoms with Gasteiger partial charge in [0.15, 0.2) is 0 Å². The Kier molecular flexibility index (Phi) is 3.65. The molecule has 0 amide bonds. The molecule has 0 bridgehead atoms. The fourth-order valence-corrected chi connectivity index (χ4v) is 2.42. The van der Waals surface area contributed by atoms with E-state index in [1.54, 1.807) is 0 Å². The van der Waals surface area contributed by atoms with Crippen LogP contribution >= 0.6 is 0 Å². The first kappa shape index (κ1) is 13.7. The lowest BCUT2D eigenvalue weighted by molar-refractivity contribution is 0.764. The van der Waals surface area contributed by atoms with Gasteiger partial charge in [-0.25, -0.2) is 4.98 Å². The Balaban J connectivity index is 2.59. The molecule has 0 aliphatic heterocycles. The molecule has 3 heteroatoms. The Labute approximate surface area is 115 Å². The molecule has 0 fully saturated rings. The summed E-state index contributed by atoms with van der Waals surface area (Å²) in [6, 6.07) is 4.40. The van der Waals surface area contributed by atoms with Crippen molar-refractivity contribution in [1.82, 2.24) is 9.55 Å². The molecule has 0 aliphatic carbocycles. The number of nitrogens with two attached hydrogens (primary N) is 1. The van der Waals surface area contributed by atoms with E-state index in [4.69, 9.17) is 10.7 Å². The largest absolute Gasteiger partial charge is 0.383 e. The summed E-state index contributed by atoms with van der Waals surface area (Å²) in [5.41, 5.74) is 12.1. The third kappa shape index (κ3) is 2.37. The highest BCUT2D eigenvalue weighted by atomic mass is 15.1. The molecule has 0 unspecified atom stereocenters. The highest BCUT2D eigenvalue weighted by Gasteiger charge is 2.15. The van der Waals surface area contributed by atoms with Crippen LogP contribution in [0, 0.1) is 20.8 Å². The van der Waals surface area contributed by atoms with E-state index in [0.29, 0.717) is 0 Å². The number of hydrogen-bond acceptors (Lipinski definition) is 2. The Morgan fingerprint density at radius 3 is 2.37 bits per heavy atom. The zero-order valence-corrected chi connectivity index (χ0v) is 12.5. The predicted molar refractivity (Wildman–Crippen MR) is 81.3 cm³/mol. The van der Waals surface area contributed by atoms with E-state index >= 15 is 0 Å². The van der Waals surface area contributed by atoms with E-state index in [1.807, 2.05) is 11.6 Å². The third-order valence-corrected chi connectivity index (χ3v) is 3.80. The van der Waals surface area contributed by atoms with E-state index < -0.39 is 0 Å². The Hall–Kier alpha value is -1.77. The molecule has 0 radical (unpaired) electrons. The smallest absolute Gasteiger partial charge is 0.131 e. The lowest BCUT2D eigenvalue weighted by atomic mass is 9.99.